The van der Waals surface area contributed by atoms with Crippen LogP contribution in [0.25, 0.3) is 0 Å². The zero-order valence-electron chi connectivity index (χ0n) is 21.9. The van der Waals surface area contributed by atoms with Gasteiger partial charge in [-0.25, -0.2) is 8.78 Å². The van der Waals surface area contributed by atoms with E-state index in [0.29, 0.717) is 51.8 Å². The minimum Gasteiger partial charge on any atom is -0.506 e. The SMILES string of the molecule is Oc1c(Cl)cc(Cl)cc1CN(CCCN(Cc1ccccc1F)Cc1cc(Cl)cc(Cl)c1O)Cc1ccccc1F. The normalized spacial score (nSPS) is 11.5. The van der Waals surface area contributed by atoms with Crippen LogP contribution in [0.4, 0.5) is 8.78 Å². The van der Waals surface area contributed by atoms with Gasteiger partial charge in [0.15, 0.2) is 0 Å². The quantitative estimate of drug-likeness (QED) is 0.162. The summed E-state index contributed by atoms with van der Waals surface area (Å²) in [5, 5.41) is 22.1. The molecule has 0 radical (unpaired) electrons. The van der Waals surface area contributed by atoms with Crippen molar-refractivity contribution in [2.45, 2.75) is 32.6 Å². The highest BCUT2D eigenvalue weighted by Gasteiger charge is 2.18. The van der Waals surface area contributed by atoms with Gasteiger partial charge in [0.25, 0.3) is 0 Å². The van der Waals surface area contributed by atoms with Crippen molar-refractivity contribution >= 4 is 46.4 Å². The molecule has 4 nitrogen and oxygen atoms in total. The summed E-state index contributed by atoms with van der Waals surface area (Å²) < 4.78 is 29.1. The van der Waals surface area contributed by atoms with Gasteiger partial charge in [0.1, 0.15) is 23.1 Å². The summed E-state index contributed by atoms with van der Waals surface area (Å²) >= 11 is 24.7. The molecular weight excluding hydrogens is 612 g/mol. The van der Waals surface area contributed by atoms with E-state index in [9.17, 15) is 19.0 Å². The molecule has 0 amide bonds. The molecule has 0 aliphatic heterocycles. The van der Waals surface area contributed by atoms with E-state index < -0.39 is 0 Å². The van der Waals surface area contributed by atoms with Gasteiger partial charge in [-0.2, -0.15) is 0 Å². The Bertz CT molecular complexity index is 1390. The molecule has 0 aliphatic carbocycles. The third-order valence-electron chi connectivity index (χ3n) is 6.65. The average molecular weight is 640 g/mol. The molecule has 4 aromatic rings. The molecule has 0 unspecified atom stereocenters. The number of phenolic OH excluding ortho intramolecular Hbond substituents is 2. The van der Waals surface area contributed by atoms with Crippen LogP contribution >= 0.6 is 46.4 Å². The minimum absolute atomic E-state index is 0.0795. The van der Waals surface area contributed by atoms with Crippen LogP contribution in [0.2, 0.25) is 20.1 Å². The fourth-order valence-electron chi connectivity index (χ4n) is 4.64. The first-order valence-corrected chi connectivity index (χ1v) is 14.4. The van der Waals surface area contributed by atoms with Gasteiger partial charge >= 0.3 is 0 Å². The summed E-state index contributed by atoms with van der Waals surface area (Å²) in [6.45, 7) is 2.06. The van der Waals surface area contributed by atoms with E-state index >= 15 is 0 Å². The van der Waals surface area contributed by atoms with Crippen molar-refractivity contribution in [1.29, 1.82) is 0 Å². The average Bonchev–Trinajstić information content (AvgIpc) is 2.92. The Morgan fingerprint density at radius 2 is 0.902 bits per heavy atom. The van der Waals surface area contributed by atoms with E-state index in [1.807, 2.05) is 9.80 Å². The number of phenols is 2. The molecule has 41 heavy (non-hydrogen) atoms. The van der Waals surface area contributed by atoms with Gasteiger partial charge in [0.05, 0.1) is 10.0 Å². The van der Waals surface area contributed by atoms with Gasteiger partial charge in [-0.1, -0.05) is 82.8 Å². The van der Waals surface area contributed by atoms with Crippen molar-refractivity contribution in [3.05, 3.63) is 127 Å². The van der Waals surface area contributed by atoms with Gasteiger partial charge in [-0.3, -0.25) is 9.80 Å². The lowest BCUT2D eigenvalue weighted by atomic mass is 10.1. The first-order chi connectivity index (χ1) is 19.6. The maximum absolute atomic E-state index is 14.6. The molecule has 0 fully saturated rings. The van der Waals surface area contributed by atoms with Crippen LogP contribution in [-0.2, 0) is 26.2 Å². The van der Waals surface area contributed by atoms with E-state index in [1.165, 1.54) is 24.3 Å². The summed E-state index contributed by atoms with van der Waals surface area (Å²) in [5.74, 6) is -0.825. The van der Waals surface area contributed by atoms with Gasteiger partial charge in [-0.05, 0) is 42.8 Å². The zero-order valence-corrected chi connectivity index (χ0v) is 25.0. The zero-order chi connectivity index (χ0) is 29.5. The molecule has 0 saturated heterocycles. The summed E-state index contributed by atoms with van der Waals surface area (Å²) in [7, 11) is 0. The predicted molar refractivity (Wildman–Crippen MR) is 162 cm³/mol. The van der Waals surface area contributed by atoms with E-state index in [2.05, 4.69) is 0 Å². The van der Waals surface area contributed by atoms with Gasteiger partial charge in [0, 0.05) is 71.6 Å². The van der Waals surface area contributed by atoms with Crippen LogP contribution in [0, 0.1) is 11.6 Å². The van der Waals surface area contributed by atoms with Crippen molar-refractivity contribution in [2.24, 2.45) is 0 Å². The van der Waals surface area contributed by atoms with Gasteiger partial charge in [-0.15, -0.1) is 0 Å². The molecule has 0 heterocycles. The van der Waals surface area contributed by atoms with Crippen molar-refractivity contribution in [2.75, 3.05) is 13.1 Å². The third kappa shape index (κ3) is 8.71. The maximum atomic E-state index is 14.6. The Balaban J connectivity index is 1.55. The molecule has 0 spiro atoms. The van der Waals surface area contributed by atoms with Crippen molar-refractivity contribution < 1.29 is 19.0 Å². The molecule has 0 saturated carbocycles. The van der Waals surface area contributed by atoms with Crippen molar-refractivity contribution in [3.8, 4) is 11.5 Å². The lowest BCUT2D eigenvalue weighted by Crippen LogP contribution is -2.30. The Kier molecular flexibility index (Phi) is 11.1. The summed E-state index contributed by atoms with van der Waals surface area (Å²) in [6, 6.07) is 19.2. The molecular formula is C31H28Cl4F2N2O2. The molecule has 2 N–H and O–H groups in total. The highest BCUT2D eigenvalue weighted by Crippen LogP contribution is 2.34. The Morgan fingerprint density at radius 1 is 0.537 bits per heavy atom. The van der Waals surface area contributed by atoms with E-state index in [1.54, 1.807) is 48.5 Å². The smallest absolute Gasteiger partial charge is 0.138 e. The Hall–Kier alpha value is -2.58. The van der Waals surface area contributed by atoms with Crippen LogP contribution in [0.3, 0.4) is 0 Å². The highest BCUT2D eigenvalue weighted by molar-refractivity contribution is 6.36. The largest absolute Gasteiger partial charge is 0.506 e. The third-order valence-corrected chi connectivity index (χ3v) is 7.67. The van der Waals surface area contributed by atoms with Crippen LogP contribution in [-0.4, -0.2) is 33.1 Å². The molecule has 10 heteroatoms. The fourth-order valence-corrected chi connectivity index (χ4v) is 5.71. The highest BCUT2D eigenvalue weighted by atomic mass is 35.5. The lowest BCUT2D eigenvalue weighted by molar-refractivity contribution is 0.202. The number of halogens is 6. The monoisotopic (exact) mass is 638 g/mol. The number of hydrogen-bond acceptors (Lipinski definition) is 4. The van der Waals surface area contributed by atoms with Crippen molar-refractivity contribution in [3.63, 3.8) is 0 Å². The van der Waals surface area contributed by atoms with E-state index in [0.717, 1.165) is 0 Å². The van der Waals surface area contributed by atoms with Crippen LogP contribution < -0.4 is 0 Å². The van der Waals surface area contributed by atoms with E-state index in [4.69, 9.17) is 46.4 Å². The molecule has 216 valence electrons. The van der Waals surface area contributed by atoms with Crippen LogP contribution in [0.1, 0.15) is 28.7 Å². The van der Waals surface area contributed by atoms with Crippen LogP contribution in [0.15, 0.2) is 72.8 Å². The van der Waals surface area contributed by atoms with E-state index in [-0.39, 0.29) is 59.4 Å². The molecule has 0 atom stereocenters. The molecule has 0 bridgehead atoms. The second-order valence-corrected chi connectivity index (χ2v) is 11.4. The second-order valence-electron chi connectivity index (χ2n) is 9.75. The number of nitrogens with zero attached hydrogens (tertiary/aromatic N) is 2. The number of hydrogen-bond donors (Lipinski definition) is 2. The van der Waals surface area contributed by atoms with Gasteiger partial charge in [0.2, 0.25) is 0 Å². The molecule has 4 rings (SSSR count). The number of aromatic hydroxyl groups is 2. The summed E-state index contributed by atoms with van der Waals surface area (Å²) in [4.78, 5) is 3.96. The molecule has 0 aromatic heterocycles. The minimum atomic E-state index is -0.333. The predicted octanol–water partition coefficient (Wildman–Crippen LogP) is 9.08. The maximum Gasteiger partial charge on any atom is 0.138 e. The lowest BCUT2D eigenvalue weighted by Gasteiger charge is -2.27. The number of rotatable bonds is 12. The summed E-state index contributed by atoms with van der Waals surface area (Å²) in [6.07, 6.45) is 0.590. The second kappa shape index (κ2) is 14.5. The first-order valence-electron chi connectivity index (χ1n) is 12.9. The standard InChI is InChI=1S/C31H28Cl4F2N2O2/c32-24-12-22(30(40)26(34)14-24)18-38(16-20-6-1-3-8-28(20)36)10-5-11-39(17-21-7-2-4-9-29(21)37)19-23-13-25(33)15-27(35)31(23)41/h1-4,6-9,12-15,40-41H,5,10-11,16-19H2. The Labute approximate surface area is 258 Å². The molecule has 4 aromatic carbocycles. The number of benzene rings is 4. The van der Waals surface area contributed by atoms with Gasteiger partial charge < -0.3 is 10.2 Å². The van der Waals surface area contributed by atoms with Crippen molar-refractivity contribution in [1.82, 2.24) is 9.80 Å². The Morgan fingerprint density at radius 3 is 1.29 bits per heavy atom. The fraction of sp³-hybridized carbons (Fsp3) is 0.226. The first kappa shape index (κ1) is 31.4. The molecule has 0 aliphatic rings. The topological polar surface area (TPSA) is 46.9 Å². The summed E-state index contributed by atoms with van der Waals surface area (Å²) in [5.41, 5.74) is 2.03. The van der Waals surface area contributed by atoms with Crippen LogP contribution in [0.5, 0.6) is 11.5 Å².